The Labute approximate surface area is 243 Å². The number of fused-ring (bicyclic) bond motifs is 1. The van der Waals surface area contributed by atoms with Gasteiger partial charge in [0, 0.05) is 10.9 Å². The first-order valence-electron chi connectivity index (χ1n) is 13.0. The summed E-state index contributed by atoms with van der Waals surface area (Å²) in [6, 6.07) is 14.9. The Morgan fingerprint density at radius 1 is 1.12 bits per heavy atom. The third kappa shape index (κ3) is 5.60. The first kappa shape index (κ1) is 28.2. The van der Waals surface area contributed by atoms with Gasteiger partial charge in [0.1, 0.15) is 11.6 Å². The van der Waals surface area contributed by atoms with Crippen molar-refractivity contribution in [2.45, 2.75) is 31.6 Å². The lowest BCUT2D eigenvalue weighted by Crippen LogP contribution is -2.18. The zero-order valence-electron chi connectivity index (χ0n) is 22.5. The van der Waals surface area contributed by atoms with Crippen LogP contribution in [0.3, 0.4) is 0 Å². The van der Waals surface area contributed by atoms with E-state index in [1.54, 1.807) is 37.3 Å². The zero-order valence-corrected chi connectivity index (χ0v) is 23.3. The summed E-state index contributed by atoms with van der Waals surface area (Å²) in [4.78, 5) is 16.3. The number of ether oxygens (including phenoxy) is 2. The van der Waals surface area contributed by atoms with Gasteiger partial charge in [0.05, 0.1) is 34.1 Å². The summed E-state index contributed by atoms with van der Waals surface area (Å²) >= 11 is 0. The number of para-hydroxylation sites is 1. The molecule has 0 amide bonds. The van der Waals surface area contributed by atoms with Gasteiger partial charge in [0.2, 0.25) is 15.8 Å². The molecule has 10 nitrogen and oxygen atoms in total. The molecule has 14 heteroatoms. The van der Waals surface area contributed by atoms with Crippen LogP contribution in [-0.2, 0) is 10.0 Å². The zero-order chi connectivity index (χ0) is 30.5. The number of nitrogens with one attached hydrogen (secondary N) is 2. The number of nitrogen functional groups attached to an aromatic ring is 1. The molecule has 2 aromatic heterocycles. The van der Waals surface area contributed by atoms with Crippen LogP contribution in [0.25, 0.3) is 16.6 Å². The third-order valence-electron chi connectivity index (χ3n) is 6.91. The molecule has 1 aliphatic rings. The second-order valence-electron chi connectivity index (χ2n) is 10.0. The van der Waals surface area contributed by atoms with Crippen molar-refractivity contribution in [1.82, 2.24) is 14.8 Å². The van der Waals surface area contributed by atoms with Gasteiger partial charge >= 0.3 is 6.61 Å². The number of hydrogen-bond donors (Lipinski definition) is 3. The number of halogens is 3. The molecule has 6 rings (SSSR count). The summed E-state index contributed by atoms with van der Waals surface area (Å²) in [7, 11) is -3.78. The molecule has 0 unspecified atom stereocenters. The Bertz CT molecular complexity index is 1990. The Balaban J connectivity index is 1.28. The molecule has 0 aliphatic heterocycles. The molecule has 2 heterocycles. The first-order chi connectivity index (χ1) is 20.5. The molecule has 43 heavy (non-hydrogen) atoms. The summed E-state index contributed by atoms with van der Waals surface area (Å²) < 4.78 is 79.0. The molecular weight excluding hydrogens is 587 g/mol. The number of anilines is 2. The highest BCUT2D eigenvalue weighted by Gasteiger charge is 2.36. The van der Waals surface area contributed by atoms with Gasteiger partial charge in [-0.15, -0.1) is 0 Å². The number of nitrogens with two attached hydrogens (primary N) is 1. The summed E-state index contributed by atoms with van der Waals surface area (Å²) in [6.45, 7) is -1.42. The number of hydrogen-bond acceptors (Lipinski definition) is 7. The molecule has 4 N–H and O–H groups in total. The van der Waals surface area contributed by atoms with Gasteiger partial charge in [-0.3, -0.25) is 9.52 Å². The first-order valence-corrected chi connectivity index (χ1v) is 14.6. The fourth-order valence-corrected chi connectivity index (χ4v) is 6.01. The summed E-state index contributed by atoms with van der Waals surface area (Å²) in [5.41, 5.74) is 7.83. The lowest BCUT2D eigenvalue weighted by molar-refractivity contribution is -0.0492. The fraction of sp³-hybridized carbons (Fsp3) is 0.172. The van der Waals surface area contributed by atoms with Crippen molar-refractivity contribution in [2.24, 2.45) is 0 Å². The Kier molecular flexibility index (Phi) is 7.00. The molecular formula is C29H24F3N5O5S. The highest BCUT2D eigenvalue weighted by Crippen LogP contribution is 2.37. The molecule has 3 aromatic carbocycles. The third-order valence-corrected chi connectivity index (χ3v) is 8.76. The van der Waals surface area contributed by atoms with Crippen LogP contribution in [0.5, 0.6) is 17.2 Å². The molecule has 1 saturated carbocycles. The van der Waals surface area contributed by atoms with Gasteiger partial charge < -0.3 is 20.2 Å². The molecule has 0 spiro atoms. The van der Waals surface area contributed by atoms with Crippen molar-refractivity contribution >= 4 is 38.2 Å². The van der Waals surface area contributed by atoms with E-state index in [2.05, 4.69) is 19.5 Å². The summed E-state index contributed by atoms with van der Waals surface area (Å²) in [6.07, 6.45) is 2.25. The normalized spacial score (nSPS) is 13.4. The van der Waals surface area contributed by atoms with Crippen LogP contribution in [0, 0.1) is 12.7 Å². The summed E-state index contributed by atoms with van der Waals surface area (Å²) in [5, 5.41) is 4.01. The van der Waals surface area contributed by atoms with Crippen LogP contribution in [0.2, 0.25) is 0 Å². The maximum Gasteiger partial charge on any atom is 0.387 e. The second-order valence-corrected chi connectivity index (χ2v) is 12.0. The minimum Gasteiger partial charge on any atom is -0.454 e. The Hall–Kier alpha value is -4.98. The van der Waals surface area contributed by atoms with Crippen LogP contribution < -0.4 is 19.9 Å². The number of carbonyl (C=O) groups excluding carboxylic acids is 1. The van der Waals surface area contributed by atoms with Crippen molar-refractivity contribution in [2.75, 3.05) is 10.5 Å². The highest BCUT2D eigenvalue weighted by molar-refractivity contribution is 7.93. The second kappa shape index (κ2) is 10.7. The van der Waals surface area contributed by atoms with Gasteiger partial charge in [-0.25, -0.2) is 17.5 Å². The minimum atomic E-state index is -3.78. The number of aryl methyl sites for hydroxylation is 1. The van der Waals surface area contributed by atoms with E-state index in [4.69, 9.17) is 10.5 Å². The van der Waals surface area contributed by atoms with Crippen molar-refractivity contribution < 1.29 is 35.9 Å². The topological polar surface area (TPSA) is 141 Å². The largest absolute Gasteiger partial charge is 0.454 e. The molecule has 0 saturated heterocycles. The lowest BCUT2D eigenvalue weighted by atomic mass is 10.1. The number of nitrogens with zero attached hydrogens (tertiary/aromatic N) is 2. The van der Waals surface area contributed by atoms with Crippen molar-refractivity contribution in [1.29, 1.82) is 0 Å². The van der Waals surface area contributed by atoms with E-state index in [1.807, 2.05) is 0 Å². The number of aromatic nitrogens is 3. The fourth-order valence-electron chi connectivity index (χ4n) is 4.62. The van der Waals surface area contributed by atoms with Gasteiger partial charge in [0.25, 0.3) is 0 Å². The maximum atomic E-state index is 14.0. The van der Waals surface area contributed by atoms with Gasteiger partial charge in [-0.05, 0) is 73.9 Å². The van der Waals surface area contributed by atoms with Crippen LogP contribution in [0.15, 0.2) is 66.9 Å². The van der Waals surface area contributed by atoms with E-state index in [-0.39, 0.29) is 34.3 Å². The highest BCUT2D eigenvalue weighted by atomic mass is 32.2. The standard InChI is InChI=1S/C29H24F3N5O5S/c1-15-10-17(41-25-5-3-2-4-20(25)30)6-9-24(15)37-28(33)19(14-34-37)27(38)23-11-16-12-26(42-29(31)32)22(13-21(16)35-23)36-43(39,40)18-7-8-18/h2-6,9-14,18,29,35-36H,7-8,33H2,1H3. The molecule has 0 radical (unpaired) electrons. The Morgan fingerprint density at radius 3 is 2.58 bits per heavy atom. The minimum absolute atomic E-state index is 0.0362. The number of sulfonamides is 1. The SMILES string of the molecule is Cc1cc(Oc2ccccc2F)ccc1-n1ncc(C(=O)c2cc3cc(OC(F)F)c(NS(=O)(=O)C4CC4)cc3[nH]2)c1N. The number of alkyl halides is 2. The van der Waals surface area contributed by atoms with Gasteiger partial charge in [0.15, 0.2) is 17.3 Å². The summed E-state index contributed by atoms with van der Waals surface area (Å²) in [5.74, 6) is -0.924. The number of rotatable bonds is 10. The van der Waals surface area contributed by atoms with E-state index in [9.17, 15) is 26.4 Å². The van der Waals surface area contributed by atoms with Gasteiger partial charge in [-0.1, -0.05) is 12.1 Å². The molecule has 0 atom stereocenters. The molecule has 0 bridgehead atoms. The number of aromatic amines is 1. The lowest BCUT2D eigenvalue weighted by Gasteiger charge is -2.13. The van der Waals surface area contributed by atoms with Crippen molar-refractivity contribution in [3.8, 4) is 22.9 Å². The number of H-pyrrole nitrogens is 1. The van der Waals surface area contributed by atoms with E-state index in [0.29, 0.717) is 40.7 Å². The monoisotopic (exact) mass is 611 g/mol. The van der Waals surface area contributed by atoms with Crippen LogP contribution in [-0.4, -0.2) is 40.8 Å². The van der Waals surface area contributed by atoms with Crippen LogP contribution >= 0.6 is 0 Å². The van der Waals surface area contributed by atoms with E-state index in [1.165, 1.54) is 41.2 Å². The molecule has 222 valence electrons. The number of benzene rings is 3. The predicted molar refractivity (Wildman–Crippen MR) is 153 cm³/mol. The average Bonchev–Trinajstić information content (AvgIpc) is 3.65. The van der Waals surface area contributed by atoms with E-state index in [0.717, 1.165) is 0 Å². The predicted octanol–water partition coefficient (Wildman–Crippen LogP) is 5.91. The smallest absolute Gasteiger partial charge is 0.387 e. The maximum absolute atomic E-state index is 14.0. The van der Waals surface area contributed by atoms with E-state index >= 15 is 0 Å². The van der Waals surface area contributed by atoms with Crippen LogP contribution in [0.1, 0.15) is 34.5 Å². The molecule has 1 aliphatic carbocycles. The van der Waals surface area contributed by atoms with Gasteiger partial charge in [-0.2, -0.15) is 13.9 Å². The Morgan fingerprint density at radius 2 is 1.88 bits per heavy atom. The van der Waals surface area contributed by atoms with Crippen LogP contribution in [0.4, 0.5) is 24.7 Å². The number of carbonyl (C=O) groups is 1. The molecule has 1 fully saturated rings. The average molecular weight is 612 g/mol. The number of ketones is 1. The van der Waals surface area contributed by atoms with Crippen molar-refractivity contribution in [3.05, 3.63) is 89.5 Å². The quantitative estimate of drug-likeness (QED) is 0.167. The molecule has 5 aromatic rings. The van der Waals surface area contributed by atoms with E-state index < -0.39 is 33.5 Å². The van der Waals surface area contributed by atoms with Crippen molar-refractivity contribution in [3.63, 3.8) is 0 Å².